The van der Waals surface area contributed by atoms with Crippen molar-refractivity contribution < 1.29 is 4.39 Å². The molecule has 0 saturated carbocycles. The zero-order chi connectivity index (χ0) is 19.0. The van der Waals surface area contributed by atoms with Crippen molar-refractivity contribution in [3.63, 3.8) is 0 Å². The lowest BCUT2D eigenvalue weighted by Crippen LogP contribution is -2.27. The summed E-state index contributed by atoms with van der Waals surface area (Å²) in [4.78, 5) is 4.73. The first kappa shape index (κ1) is 17.7. The lowest BCUT2D eigenvalue weighted by molar-refractivity contribution is 0.486. The molecule has 0 amide bonds. The molecule has 0 bridgehead atoms. The molecule has 4 nitrogen and oxygen atoms in total. The van der Waals surface area contributed by atoms with E-state index in [0.717, 1.165) is 34.0 Å². The van der Waals surface area contributed by atoms with Crippen LogP contribution in [0.3, 0.4) is 0 Å². The van der Waals surface area contributed by atoms with Crippen molar-refractivity contribution in [2.24, 2.45) is 5.92 Å². The van der Waals surface area contributed by atoms with Gasteiger partial charge in [0.25, 0.3) is 0 Å². The second-order valence-corrected chi connectivity index (χ2v) is 7.44. The van der Waals surface area contributed by atoms with Crippen LogP contribution in [0.1, 0.15) is 37.6 Å². The summed E-state index contributed by atoms with van der Waals surface area (Å²) in [5, 5.41) is 8.38. The number of hydrogen-bond donors (Lipinski definition) is 1. The van der Waals surface area contributed by atoms with Crippen molar-refractivity contribution in [2.45, 2.75) is 46.1 Å². The third-order valence-electron chi connectivity index (χ3n) is 5.33. The normalized spacial score (nSPS) is 18.0. The van der Waals surface area contributed by atoms with Crippen LogP contribution in [0.15, 0.2) is 42.5 Å². The van der Waals surface area contributed by atoms with Crippen molar-refractivity contribution in [1.82, 2.24) is 14.6 Å². The molecule has 0 fully saturated rings. The summed E-state index contributed by atoms with van der Waals surface area (Å²) >= 11 is 0. The van der Waals surface area contributed by atoms with E-state index in [2.05, 4.69) is 24.4 Å². The zero-order valence-electron chi connectivity index (χ0n) is 16.0. The average Bonchev–Trinajstić information content (AvgIpc) is 2.99. The van der Waals surface area contributed by atoms with Gasteiger partial charge in [0.05, 0.1) is 5.69 Å². The highest BCUT2D eigenvalue weighted by atomic mass is 19.1. The number of aryl methyl sites for hydroxylation is 2. The molecular formula is C22H25FN4. The first-order valence-corrected chi connectivity index (χ1v) is 9.59. The van der Waals surface area contributed by atoms with Gasteiger partial charge in [-0.1, -0.05) is 24.3 Å². The lowest BCUT2D eigenvalue weighted by atomic mass is 9.90. The minimum Gasteiger partial charge on any atom is -0.367 e. The van der Waals surface area contributed by atoms with Gasteiger partial charge >= 0.3 is 0 Å². The Morgan fingerprint density at radius 3 is 2.70 bits per heavy atom. The average molecular weight is 364 g/mol. The van der Waals surface area contributed by atoms with Gasteiger partial charge in [-0.2, -0.15) is 9.61 Å². The molecule has 2 heterocycles. The maximum Gasteiger partial charge on any atom is 0.165 e. The van der Waals surface area contributed by atoms with Crippen LogP contribution in [-0.2, 0) is 0 Å². The van der Waals surface area contributed by atoms with Crippen LogP contribution in [0.4, 0.5) is 10.2 Å². The quantitative estimate of drug-likeness (QED) is 0.638. The topological polar surface area (TPSA) is 42.2 Å². The van der Waals surface area contributed by atoms with Gasteiger partial charge in [0.2, 0.25) is 0 Å². The van der Waals surface area contributed by atoms with E-state index in [4.69, 9.17) is 10.1 Å². The third-order valence-corrected chi connectivity index (χ3v) is 5.33. The SMILES string of the molecule is Cc1cc(NC(C)C2C=CCCC2)n2nc(C)c(-c3ccc(F)cc3)c2n1. The Morgan fingerprint density at radius 1 is 1.22 bits per heavy atom. The van der Waals surface area contributed by atoms with E-state index in [1.165, 1.54) is 31.4 Å². The Bertz CT molecular complexity index is 988. The number of rotatable bonds is 4. The molecule has 140 valence electrons. The molecule has 0 radical (unpaired) electrons. The van der Waals surface area contributed by atoms with E-state index in [-0.39, 0.29) is 5.82 Å². The molecule has 27 heavy (non-hydrogen) atoms. The Labute approximate surface area is 159 Å². The first-order valence-electron chi connectivity index (χ1n) is 9.59. The van der Waals surface area contributed by atoms with Gasteiger partial charge in [0.1, 0.15) is 11.6 Å². The fraction of sp³-hybridized carbons (Fsp3) is 0.364. The summed E-state index contributed by atoms with van der Waals surface area (Å²) < 4.78 is 15.2. The van der Waals surface area contributed by atoms with Gasteiger partial charge < -0.3 is 5.32 Å². The number of fused-ring (bicyclic) bond motifs is 1. The van der Waals surface area contributed by atoms with E-state index in [9.17, 15) is 4.39 Å². The number of allylic oxidation sites excluding steroid dienone is 1. The Hall–Kier alpha value is -2.69. The largest absolute Gasteiger partial charge is 0.367 e. The lowest BCUT2D eigenvalue weighted by Gasteiger charge is -2.25. The van der Waals surface area contributed by atoms with Crippen molar-refractivity contribution in [3.05, 3.63) is 59.7 Å². The number of hydrogen-bond acceptors (Lipinski definition) is 3. The summed E-state index contributed by atoms with van der Waals surface area (Å²) in [7, 11) is 0. The molecule has 0 spiro atoms. The van der Waals surface area contributed by atoms with Crippen LogP contribution in [-0.4, -0.2) is 20.6 Å². The maximum atomic E-state index is 13.3. The van der Waals surface area contributed by atoms with E-state index in [1.54, 1.807) is 12.1 Å². The molecule has 2 atom stereocenters. The number of halogens is 1. The number of aromatic nitrogens is 3. The molecule has 2 aromatic heterocycles. The molecular weight excluding hydrogens is 339 g/mol. The Kier molecular flexibility index (Phi) is 4.68. The molecule has 2 unspecified atom stereocenters. The van der Waals surface area contributed by atoms with E-state index in [1.807, 2.05) is 24.4 Å². The summed E-state index contributed by atoms with van der Waals surface area (Å²) in [5.41, 5.74) is 4.49. The van der Waals surface area contributed by atoms with Gasteiger partial charge in [0, 0.05) is 23.4 Å². The third kappa shape index (κ3) is 3.46. The molecule has 1 aliphatic rings. The molecule has 0 saturated heterocycles. The highest BCUT2D eigenvalue weighted by molar-refractivity contribution is 5.80. The molecule has 1 aliphatic carbocycles. The summed E-state index contributed by atoms with van der Waals surface area (Å²) in [6, 6.07) is 8.87. The second kappa shape index (κ2) is 7.14. The van der Waals surface area contributed by atoms with Crippen molar-refractivity contribution in [2.75, 3.05) is 5.32 Å². The second-order valence-electron chi connectivity index (χ2n) is 7.44. The van der Waals surface area contributed by atoms with E-state index < -0.39 is 0 Å². The highest BCUT2D eigenvalue weighted by Gasteiger charge is 2.20. The van der Waals surface area contributed by atoms with Crippen LogP contribution >= 0.6 is 0 Å². The minimum absolute atomic E-state index is 0.242. The standard InChI is InChI=1S/C22H25FN4/c1-14-13-20(25-15(2)17-7-5-4-6-8-17)27-22(24-14)21(16(3)26-27)18-9-11-19(23)12-10-18/h5,7,9-13,15,17,25H,4,6,8H2,1-3H3. The predicted octanol–water partition coefficient (Wildman–Crippen LogP) is 5.31. The van der Waals surface area contributed by atoms with Gasteiger partial charge in [-0.3, -0.25) is 0 Å². The van der Waals surface area contributed by atoms with Crippen LogP contribution in [0.25, 0.3) is 16.8 Å². The zero-order valence-corrected chi connectivity index (χ0v) is 16.0. The van der Waals surface area contributed by atoms with E-state index >= 15 is 0 Å². The highest BCUT2D eigenvalue weighted by Crippen LogP contribution is 2.30. The number of benzene rings is 1. The molecule has 5 heteroatoms. The molecule has 0 aliphatic heterocycles. The number of anilines is 1. The number of nitrogens with one attached hydrogen (secondary N) is 1. The maximum absolute atomic E-state index is 13.3. The fourth-order valence-corrected chi connectivity index (χ4v) is 3.90. The molecule has 1 N–H and O–H groups in total. The van der Waals surface area contributed by atoms with E-state index in [0.29, 0.717) is 12.0 Å². The molecule has 3 aromatic rings. The van der Waals surface area contributed by atoms with Crippen LogP contribution in [0.5, 0.6) is 0 Å². The molecule has 4 rings (SSSR count). The summed E-state index contributed by atoms with van der Waals surface area (Å²) in [5.74, 6) is 1.23. The van der Waals surface area contributed by atoms with Gasteiger partial charge in [0.15, 0.2) is 5.65 Å². The minimum atomic E-state index is -0.242. The first-order chi connectivity index (χ1) is 13.0. The monoisotopic (exact) mass is 364 g/mol. The summed E-state index contributed by atoms with van der Waals surface area (Å²) in [6.45, 7) is 6.19. The van der Waals surface area contributed by atoms with Crippen LogP contribution < -0.4 is 5.32 Å². The van der Waals surface area contributed by atoms with Crippen LogP contribution in [0, 0.1) is 25.6 Å². The van der Waals surface area contributed by atoms with Crippen molar-refractivity contribution >= 4 is 11.5 Å². The smallest absolute Gasteiger partial charge is 0.165 e. The summed E-state index contributed by atoms with van der Waals surface area (Å²) in [6.07, 6.45) is 8.24. The molecule has 1 aromatic carbocycles. The van der Waals surface area contributed by atoms with Crippen LogP contribution in [0.2, 0.25) is 0 Å². The van der Waals surface area contributed by atoms with Gasteiger partial charge in [-0.15, -0.1) is 0 Å². The fourth-order valence-electron chi connectivity index (χ4n) is 3.90. The van der Waals surface area contributed by atoms with Crippen molar-refractivity contribution in [1.29, 1.82) is 0 Å². The predicted molar refractivity (Wildman–Crippen MR) is 107 cm³/mol. The van der Waals surface area contributed by atoms with Crippen molar-refractivity contribution in [3.8, 4) is 11.1 Å². The Balaban J connectivity index is 1.76. The van der Waals surface area contributed by atoms with Gasteiger partial charge in [-0.05, 0) is 63.6 Å². The Morgan fingerprint density at radius 2 is 2.00 bits per heavy atom. The van der Waals surface area contributed by atoms with Gasteiger partial charge in [-0.25, -0.2) is 9.37 Å². The number of nitrogens with zero attached hydrogens (tertiary/aromatic N) is 3.